The summed E-state index contributed by atoms with van der Waals surface area (Å²) in [6, 6.07) is 4.79. The predicted molar refractivity (Wildman–Crippen MR) is 69.2 cm³/mol. The quantitative estimate of drug-likeness (QED) is 0.432. The predicted octanol–water partition coefficient (Wildman–Crippen LogP) is 0.973. The van der Waals surface area contributed by atoms with Gasteiger partial charge in [0, 0.05) is 18.3 Å². The lowest BCUT2D eigenvalue weighted by Gasteiger charge is -2.14. The van der Waals surface area contributed by atoms with Crippen molar-refractivity contribution in [2.24, 2.45) is 0 Å². The van der Waals surface area contributed by atoms with Gasteiger partial charge in [-0.3, -0.25) is 9.59 Å². The summed E-state index contributed by atoms with van der Waals surface area (Å²) in [4.78, 5) is 32.4. The maximum Gasteiger partial charge on any atom is 0.341 e. The Balaban J connectivity index is 3.23. The van der Waals surface area contributed by atoms with Gasteiger partial charge in [0.1, 0.15) is 5.75 Å². The molecule has 0 fully saturated rings. The average Bonchev–Trinajstić information content (AvgIpc) is 2.42. The number of Topliss-reactive ketones (excluding diaryl/α,β-unsaturated/α-hetero) is 1. The van der Waals surface area contributed by atoms with Crippen LogP contribution in [0.4, 0.5) is 5.69 Å². The van der Waals surface area contributed by atoms with E-state index in [1.54, 1.807) is 19.2 Å². The van der Waals surface area contributed by atoms with Gasteiger partial charge in [0.15, 0.2) is 12.9 Å². The SMILES string of the molecule is C=C(C(=O)C=O)c1c(NC)cccc1OCC(=O)O. The first-order valence-electron chi connectivity index (χ1n) is 5.35. The average molecular weight is 263 g/mol. The number of rotatable bonds is 7. The number of hydrogen-bond donors (Lipinski definition) is 2. The summed E-state index contributed by atoms with van der Waals surface area (Å²) < 4.78 is 5.09. The van der Waals surface area contributed by atoms with Gasteiger partial charge < -0.3 is 15.2 Å². The number of carbonyl (C=O) groups excluding carboxylic acids is 2. The number of nitrogens with one attached hydrogen (secondary N) is 1. The van der Waals surface area contributed by atoms with E-state index in [1.807, 2.05) is 0 Å². The topological polar surface area (TPSA) is 92.7 Å². The Hall–Kier alpha value is -2.63. The Bertz CT molecular complexity index is 536. The zero-order valence-electron chi connectivity index (χ0n) is 10.3. The number of carboxylic acid groups (broad SMARTS) is 1. The molecule has 100 valence electrons. The summed E-state index contributed by atoms with van der Waals surface area (Å²) in [5.41, 5.74) is 0.742. The lowest BCUT2D eigenvalue weighted by molar-refractivity contribution is -0.139. The highest BCUT2D eigenvalue weighted by Gasteiger charge is 2.18. The summed E-state index contributed by atoms with van der Waals surface area (Å²) in [5, 5.41) is 11.4. The van der Waals surface area contributed by atoms with Crippen molar-refractivity contribution in [2.75, 3.05) is 19.0 Å². The molecule has 2 N–H and O–H groups in total. The lowest BCUT2D eigenvalue weighted by atomic mass is 10.0. The molecule has 0 unspecified atom stereocenters. The molecule has 1 aromatic rings. The molecule has 6 heteroatoms. The van der Waals surface area contributed by atoms with Gasteiger partial charge in [0.25, 0.3) is 0 Å². The normalized spacial score (nSPS) is 9.53. The van der Waals surface area contributed by atoms with Gasteiger partial charge in [-0.05, 0) is 12.1 Å². The van der Waals surface area contributed by atoms with Crippen LogP contribution in [0.25, 0.3) is 5.57 Å². The summed E-state index contributed by atoms with van der Waals surface area (Å²) in [5.74, 6) is -1.76. The molecule has 0 bridgehead atoms. The molecule has 19 heavy (non-hydrogen) atoms. The Morgan fingerprint density at radius 3 is 2.68 bits per heavy atom. The molecular weight excluding hydrogens is 250 g/mol. The second-order valence-electron chi connectivity index (χ2n) is 3.57. The Labute approximate surface area is 109 Å². The van der Waals surface area contributed by atoms with E-state index in [-0.39, 0.29) is 23.2 Å². The Kier molecular flexibility index (Phi) is 4.82. The van der Waals surface area contributed by atoms with E-state index in [4.69, 9.17) is 9.84 Å². The number of aliphatic carboxylic acids is 1. The lowest BCUT2D eigenvalue weighted by Crippen LogP contribution is -2.12. The van der Waals surface area contributed by atoms with Gasteiger partial charge in [-0.15, -0.1) is 0 Å². The Morgan fingerprint density at radius 2 is 2.16 bits per heavy atom. The van der Waals surface area contributed by atoms with Gasteiger partial charge >= 0.3 is 5.97 Å². The third-order valence-corrected chi connectivity index (χ3v) is 2.35. The number of allylic oxidation sites excluding steroid dienone is 1. The van der Waals surface area contributed by atoms with Gasteiger partial charge in [-0.2, -0.15) is 0 Å². The molecule has 0 radical (unpaired) electrons. The van der Waals surface area contributed by atoms with Crippen molar-refractivity contribution in [2.45, 2.75) is 0 Å². The summed E-state index contributed by atoms with van der Waals surface area (Å²) >= 11 is 0. The molecule has 0 spiro atoms. The van der Waals surface area contributed by atoms with Gasteiger partial charge in [-0.1, -0.05) is 12.6 Å². The first-order valence-corrected chi connectivity index (χ1v) is 5.35. The van der Waals surface area contributed by atoms with Crippen molar-refractivity contribution in [1.29, 1.82) is 0 Å². The highest BCUT2D eigenvalue weighted by atomic mass is 16.5. The number of aldehydes is 1. The molecule has 6 nitrogen and oxygen atoms in total. The van der Waals surface area contributed by atoms with Gasteiger partial charge in [0.05, 0.1) is 5.56 Å². The molecular formula is C13H13NO5. The van der Waals surface area contributed by atoms with Crippen LogP contribution < -0.4 is 10.1 Å². The fourth-order valence-corrected chi connectivity index (χ4v) is 1.50. The van der Waals surface area contributed by atoms with E-state index in [0.717, 1.165) is 0 Å². The van der Waals surface area contributed by atoms with Crippen LogP contribution in [0.2, 0.25) is 0 Å². The number of ketones is 1. The van der Waals surface area contributed by atoms with Gasteiger partial charge in [-0.25, -0.2) is 4.79 Å². The molecule has 0 aromatic heterocycles. The van der Waals surface area contributed by atoms with Crippen LogP contribution in [0.3, 0.4) is 0 Å². The van der Waals surface area contributed by atoms with E-state index in [9.17, 15) is 14.4 Å². The number of carbonyl (C=O) groups is 3. The molecule has 0 aliphatic carbocycles. The Morgan fingerprint density at radius 1 is 1.47 bits per heavy atom. The summed E-state index contributed by atoms with van der Waals surface area (Å²) in [7, 11) is 1.62. The summed E-state index contributed by atoms with van der Waals surface area (Å²) in [6.07, 6.45) is 0.149. The van der Waals surface area contributed by atoms with Crippen LogP contribution in [-0.2, 0) is 14.4 Å². The van der Waals surface area contributed by atoms with Crippen LogP contribution in [0.5, 0.6) is 5.75 Å². The number of hydrogen-bond acceptors (Lipinski definition) is 5. The van der Waals surface area contributed by atoms with Crippen LogP contribution >= 0.6 is 0 Å². The molecule has 0 amide bonds. The standard InChI is InChI=1S/C13H13NO5/c1-8(10(16)6-15)13-9(14-2)4-3-5-11(13)19-7-12(17)18/h3-6,14H,1,7H2,2H3,(H,17,18). The fraction of sp³-hybridized carbons (Fsp3) is 0.154. The molecule has 0 aliphatic heterocycles. The van der Waals surface area contributed by atoms with Crippen molar-refractivity contribution in [1.82, 2.24) is 0 Å². The van der Waals surface area contributed by atoms with Crippen molar-refractivity contribution in [3.63, 3.8) is 0 Å². The maximum absolute atomic E-state index is 11.4. The van der Waals surface area contributed by atoms with E-state index in [2.05, 4.69) is 11.9 Å². The molecule has 0 aliphatic rings. The van der Waals surface area contributed by atoms with E-state index < -0.39 is 18.4 Å². The number of ether oxygens (including phenoxy) is 1. The van der Waals surface area contributed by atoms with Crippen LogP contribution in [0, 0.1) is 0 Å². The second kappa shape index (κ2) is 6.34. The van der Waals surface area contributed by atoms with Crippen molar-refractivity contribution in [3.8, 4) is 5.75 Å². The minimum Gasteiger partial charge on any atom is -0.481 e. The van der Waals surface area contributed by atoms with E-state index >= 15 is 0 Å². The van der Waals surface area contributed by atoms with Gasteiger partial charge in [0.2, 0.25) is 5.78 Å². The molecule has 1 aromatic carbocycles. The zero-order valence-corrected chi connectivity index (χ0v) is 10.3. The molecule has 0 atom stereocenters. The van der Waals surface area contributed by atoms with E-state index in [0.29, 0.717) is 5.69 Å². The molecule has 0 saturated carbocycles. The minimum absolute atomic E-state index is 0.0552. The monoisotopic (exact) mass is 263 g/mol. The van der Waals surface area contributed by atoms with Crippen LogP contribution in [-0.4, -0.2) is 36.8 Å². The van der Waals surface area contributed by atoms with Crippen LogP contribution in [0.15, 0.2) is 24.8 Å². The third-order valence-electron chi connectivity index (χ3n) is 2.35. The first-order chi connectivity index (χ1) is 9.01. The number of benzene rings is 1. The molecule has 1 rings (SSSR count). The maximum atomic E-state index is 11.4. The first kappa shape index (κ1) is 14.4. The van der Waals surface area contributed by atoms with Crippen molar-refractivity contribution in [3.05, 3.63) is 30.3 Å². The zero-order chi connectivity index (χ0) is 14.4. The number of anilines is 1. The highest BCUT2D eigenvalue weighted by Crippen LogP contribution is 2.32. The molecule has 0 heterocycles. The highest BCUT2D eigenvalue weighted by molar-refractivity contribution is 6.46. The largest absolute Gasteiger partial charge is 0.481 e. The summed E-state index contributed by atoms with van der Waals surface area (Å²) in [6.45, 7) is 2.99. The molecule has 0 saturated heterocycles. The fourth-order valence-electron chi connectivity index (χ4n) is 1.50. The van der Waals surface area contributed by atoms with E-state index in [1.165, 1.54) is 6.07 Å². The third kappa shape index (κ3) is 3.41. The van der Waals surface area contributed by atoms with Crippen LogP contribution in [0.1, 0.15) is 5.56 Å². The number of carboxylic acids is 1. The minimum atomic E-state index is -1.15. The van der Waals surface area contributed by atoms with Crippen molar-refractivity contribution >= 4 is 29.3 Å². The van der Waals surface area contributed by atoms with Crippen molar-refractivity contribution < 1.29 is 24.2 Å². The second-order valence-corrected chi connectivity index (χ2v) is 3.57. The smallest absolute Gasteiger partial charge is 0.341 e.